The second-order valence-corrected chi connectivity index (χ2v) is 14.9. The van der Waals surface area contributed by atoms with Crippen molar-refractivity contribution in [2.45, 2.75) is 128 Å². The van der Waals surface area contributed by atoms with E-state index in [0.717, 1.165) is 24.3 Å². The molecule has 2 fully saturated rings. The molecule has 2 aromatic carbocycles. The molecular formula is C35H51O4PS. The molecule has 0 amide bonds. The first kappa shape index (κ1) is 32.2. The Labute approximate surface area is 254 Å². The third kappa shape index (κ3) is 11.8. The van der Waals surface area contributed by atoms with E-state index in [9.17, 15) is 4.79 Å². The Morgan fingerprint density at radius 2 is 1.20 bits per heavy atom. The highest BCUT2D eigenvalue weighted by Crippen LogP contribution is 2.52. The average molecular weight is 599 g/mol. The molecule has 2 aromatic rings. The molecule has 4 rings (SSSR count). The molecule has 2 aliphatic rings. The molecule has 0 bridgehead atoms. The Hall–Kier alpha value is -1.71. The number of carbonyl (C=O) groups is 1. The quantitative estimate of drug-likeness (QED) is 0.103. The van der Waals surface area contributed by atoms with E-state index in [2.05, 4.69) is 55.5 Å². The summed E-state index contributed by atoms with van der Waals surface area (Å²) in [5.41, 5.74) is 2.84. The number of unbranched alkanes of at least 4 members (excludes halogenated alkanes) is 5. The molecule has 4 nitrogen and oxygen atoms in total. The van der Waals surface area contributed by atoms with Gasteiger partial charge in [0.25, 0.3) is 0 Å². The molecule has 0 saturated heterocycles. The highest BCUT2D eigenvalue weighted by molar-refractivity contribution is 8.53. The van der Waals surface area contributed by atoms with Gasteiger partial charge in [0, 0.05) is 5.75 Å². The van der Waals surface area contributed by atoms with Crippen LogP contribution in [0.3, 0.4) is 0 Å². The molecule has 0 aromatic heterocycles. The minimum atomic E-state index is -1.31. The minimum Gasteiger partial charge on any atom is -0.466 e. The molecule has 0 radical (unpaired) electrons. The van der Waals surface area contributed by atoms with Crippen LogP contribution in [0.15, 0.2) is 48.5 Å². The van der Waals surface area contributed by atoms with E-state index >= 15 is 0 Å². The van der Waals surface area contributed by atoms with Crippen LogP contribution < -0.4 is 9.05 Å². The van der Waals surface area contributed by atoms with Crippen molar-refractivity contribution in [1.29, 1.82) is 0 Å². The van der Waals surface area contributed by atoms with Crippen molar-refractivity contribution < 1.29 is 18.6 Å². The Morgan fingerprint density at radius 1 is 0.707 bits per heavy atom. The number of esters is 1. The predicted octanol–water partition coefficient (Wildman–Crippen LogP) is 11.5. The Bertz CT molecular complexity index is 921. The van der Waals surface area contributed by atoms with E-state index < -0.39 is 7.58 Å². The van der Waals surface area contributed by atoms with Crippen molar-refractivity contribution in [1.82, 2.24) is 0 Å². The fourth-order valence-corrected chi connectivity index (χ4v) is 8.75. The summed E-state index contributed by atoms with van der Waals surface area (Å²) in [6.07, 6.45) is 20.7. The van der Waals surface area contributed by atoms with Gasteiger partial charge in [-0.15, -0.1) is 0 Å². The lowest BCUT2D eigenvalue weighted by molar-refractivity contribution is -0.143. The van der Waals surface area contributed by atoms with Gasteiger partial charge in [0.2, 0.25) is 0 Å². The lowest BCUT2D eigenvalue weighted by atomic mass is 9.84. The second-order valence-electron chi connectivity index (χ2n) is 11.8. The summed E-state index contributed by atoms with van der Waals surface area (Å²) >= 11 is 1.58. The number of hydrogen-bond acceptors (Lipinski definition) is 5. The number of benzene rings is 2. The fourth-order valence-electron chi connectivity index (χ4n) is 6.06. The average Bonchev–Trinajstić information content (AvgIpc) is 3.02. The summed E-state index contributed by atoms with van der Waals surface area (Å²) in [4.78, 5) is 12.3. The van der Waals surface area contributed by atoms with Crippen molar-refractivity contribution in [3.05, 3.63) is 59.7 Å². The monoisotopic (exact) mass is 598 g/mol. The summed E-state index contributed by atoms with van der Waals surface area (Å²) < 4.78 is 18.3. The zero-order chi connectivity index (χ0) is 28.5. The molecule has 226 valence electrons. The Balaban J connectivity index is 1.28. The molecule has 0 aliphatic heterocycles. The van der Waals surface area contributed by atoms with Crippen LogP contribution in [0.2, 0.25) is 0 Å². The van der Waals surface area contributed by atoms with E-state index in [0.29, 0.717) is 30.6 Å². The van der Waals surface area contributed by atoms with Crippen molar-refractivity contribution in [3.63, 3.8) is 0 Å². The maximum Gasteiger partial charge on any atom is 0.360 e. The third-order valence-electron chi connectivity index (χ3n) is 8.54. The van der Waals surface area contributed by atoms with Gasteiger partial charge >= 0.3 is 13.5 Å². The summed E-state index contributed by atoms with van der Waals surface area (Å²) in [6, 6.07) is 17.2. The first-order chi connectivity index (χ1) is 20.2. The maximum atomic E-state index is 12.3. The van der Waals surface area contributed by atoms with Crippen molar-refractivity contribution in [2.75, 3.05) is 12.4 Å². The van der Waals surface area contributed by atoms with Crippen LogP contribution in [0.25, 0.3) is 0 Å². The van der Waals surface area contributed by atoms with E-state index in [1.54, 1.807) is 11.4 Å². The van der Waals surface area contributed by atoms with Gasteiger partial charge in [-0.2, -0.15) is 0 Å². The Kier molecular flexibility index (Phi) is 14.7. The van der Waals surface area contributed by atoms with Gasteiger partial charge in [-0.1, -0.05) is 102 Å². The number of hydrogen-bond donors (Lipinski definition) is 0. The molecule has 41 heavy (non-hydrogen) atoms. The van der Waals surface area contributed by atoms with Gasteiger partial charge in [-0.25, -0.2) is 0 Å². The molecule has 0 spiro atoms. The summed E-state index contributed by atoms with van der Waals surface area (Å²) in [5.74, 6) is 3.49. The molecule has 0 N–H and O–H groups in total. The van der Waals surface area contributed by atoms with Crippen LogP contribution in [-0.4, -0.2) is 18.3 Å². The van der Waals surface area contributed by atoms with Crippen LogP contribution in [0.4, 0.5) is 0 Å². The molecule has 2 saturated carbocycles. The highest BCUT2D eigenvalue weighted by atomic mass is 32.7. The standard InChI is InChI=1S/C35H51O4PS/c1-2-3-4-5-6-13-27-37-35(36)26-28-41-40(38-33-22-18-31(19-23-33)29-14-9-7-10-15-29)39-34-24-20-32(21-25-34)30-16-11-8-12-17-30/h18-25,29-30H,2-17,26-28H2,1H3. The topological polar surface area (TPSA) is 44.8 Å². The fraction of sp³-hybridized carbons (Fsp3) is 0.629. The molecule has 0 atom stereocenters. The lowest BCUT2D eigenvalue weighted by Gasteiger charge is -2.23. The number of carbonyl (C=O) groups excluding carboxylic acids is 1. The minimum absolute atomic E-state index is 0.130. The third-order valence-corrected chi connectivity index (χ3v) is 11.5. The number of ether oxygens (including phenoxy) is 1. The van der Waals surface area contributed by atoms with E-state index in [-0.39, 0.29) is 5.97 Å². The lowest BCUT2D eigenvalue weighted by Crippen LogP contribution is -2.07. The zero-order valence-corrected chi connectivity index (χ0v) is 26.9. The zero-order valence-electron chi connectivity index (χ0n) is 25.2. The first-order valence-corrected chi connectivity index (χ1v) is 19.1. The van der Waals surface area contributed by atoms with Crippen LogP contribution in [0, 0.1) is 0 Å². The molecule has 0 unspecified atom stereocenters. The predicted molar refractivity (Wildman–Crippen MR) is 174 cm³/mol. The van der Waals surface area contributed by atoms with Crippen molar-refractivity contribution >= 4 is 24.9 Å². The van der Waals surface area contributed by atoms with Gasteiger partial charge < -0.3 is 13.8 Å². The normalized spacial score (nSPS) is 16.5. The molecule has 0 heterocycles. The van der Waals surface area contributed by atoms with E-state index in [1.165, 1.54) is 101 Å². The SMILES string of the molecule is CCCCCCCCOC(=O)CCSP(Oc1ccc(C2CCCCC2)cc1)Oc1ccc(C2CCCCC2)cc1. The van der Waals surface area contributed by atoms with Crippen molar-refractivity contribution in [3.8, 4) is 11.5 Å². The van der Waals surface area contributed by atoms with Crippen LogP contribution in [-0.2, 0) is 9.53 Å². The van der Waals surface area contributed by atoms with Gasteiger partial charge in [0.1, 0.15) is 11.5 Å². The van der Waals surface area contributed by atoms with Gasteiger partial charge in [-0.3, -0.25) is 4.79 Å². The smallest absolute Gasteiger partial charge is 0.360 e. The van der Waals surface area contributed by atoms with Gasteiger partial charge in [0.05, 0.1) is 13.0 Å². The van der Waals surface area contributed by atoms with E-state index in [1.807, 2.05) is 0 Å². The van der Waals surface area contributed by atoms with Crippen LogP contribution in [0.5, 0.6) is 11.5 Å². The van der Waals surface area contributed by atoms with E-state index in [4.69, 9.17) is 13.8 Å². The number of rotatable bonds is 17. The molecule has 2 aliphatic carbocycles. The molecular weight excluding hydrogens is 547 g/mol. The largest absolute Gasteiger partial charge is 0.466 e. The highest BCUT2D eigenvalue weighted by Gasteiger charge is 2.20. The Morgan fingerprint density at radius 3 is 1.71 bits per heavy atom. The van der Waals surface area contributed by atoms with Crippen molar-refractivity contribution in [2.24, 2.45) is 0 Å². The maximum absolute atomic E-state index is 12.3. The van der Waals surface area contributed by atoms with Crippen LogP contribution in [0.1, 0.15) is 139 Å². The summed E-state index contributed by atoms with van der Waals surface area (Å²) in [7, 11) is -1.31. The first-order valence-electron chi connectivity index (χ1n) is 16.4. The van der Waals surface area contributed by atoms with Crippen LogP contribution >= 0.6 is 19.0 Å². The summed E-state index contributed by atoms with van der Waals surface area (Å²) in [6.45, 7) is 2.75. The van der Waals surface area contributed by atoms with Gasteiger partial charge in [-0.05, 0) is 90.7 Å². The van der Waals surface area contributed by atoms with Gasteiger partial charge in [0.15, 0.2) is 0 Å². The second kappa shape index (κ2) is 18.7. The summed E-state index contributed by atoms with van der Waals surface area (Å²) in [5, 5.41) is 0. The molecule has 6 heteroatoms.